The van der Waals surface area contributed by atoms with E-state index in [-0.39, 0.29) is 25.4 Å². The quantitative estimate of drug-likeness (QED) is 0.128. The van der Waals surface area contributed by atoms with Crippen molar-refractivity contribution >= 4 is 29.9 Å². The maximum atomic E-state index is 13.9. The number of amides is 4. The summed E-state index contributed by atoms with van der Waals surface area (Å²) in [7, 11) is 1.56. The summed E-state index contributed by atoms with van der Waals surface area (Å²) in [6.45, 7) is 5.02. The molecule has 0 unspecified atom stereocenters. The molecule has 4 N–H and O–H groups in total. The monoisotopic (exact) mass is 597 g/mol. The molecule has 0 saturated carbocycles. The van der Waals surface area contributed by atoms with E-state index in [2.05, 4.69) is 27.3 Å². The van der Waals surface area contributed by atoms with Crippen molar-refractivity contribution in [3.8, 4) is 5.75 Å². The second kappa shape index (κ2) is 14.1. The van der Waals surface area contributed by atoms with Gasteiger partial charge in [-0.05, 0) is 57.2 Å². The molecule has 4 rings (SSSR count). The van der Waals surface area contributed by atoms with Crippen LogP contribution >= 0.6 is 0 Å². The SMILES string of the molecule is COc1ccc(C[C@H](NC(=O)[C@H](C)NC(=O)CN2CCNC(=O)C2)C(=O)N[C@](C=O)(CC2=CCCC2)C[C@@]2(C)CO2)cc1. The van der Waals surface area contributed by atoms with Crippen LogP contribution in [0.3, 0.4) is 0 Å². The summed E-state index contributed by atoms with van der Waals surface area (Å²) in [4.78, 5) is 65.8. The predicted octanol–water partition coefficient (Wildman–Crippen LogP) is 0.392. The van der Waals surface area contributed by atoms with E-state index in [1.54, 1.807) is 36.3 Å². The standard InChI is InChI=1S/C31H43N5O7/c1-21(33-27(39)17-36-13-12-32-26(38)16-36)28(40)34-25(14-22-8-10-24(42-3)11-9-22)29(41)35-31(19-37,18-30(2)20-43-30)15-23-6-4-5-7-23/h6,8-11,19,21,25H,4-5,7,12-18,20H2,1-3H3,(H,32,38)(H,33,39)(H,34,40)(H,35,41)/t21-,25-,30-,31+/m0/s1. The number of epoxide rings is 1. The highest BCUT2D eigenvalue weighted by Crippen LogP contribution is 2.38. The maximum absolute atomic E-state index is 13.9. The molecule has 0 aromatic heterocycles. The first-order valence-corrected chi connectivity index (χ1v) is 14.8. The van der Waals surface area contributed by atoms with Crippen molar-refractivity contribution in [3.05, 3.63) is 41.5 Å². The summed E-state index contributed by atoms with van der Waals surface area (Å²) in [5.74, 6) is -0.965. The number of rotatable bonds is 15. The fourth-order valence-electron chi connectivity index (χ4n) is 5.68. The summed E-state index contributed by atoms with van der Waals surface area (Å²) in [6, 6.07) is 5.17. The lowest BCUT2D eigenvalue weighted by Gasteiger charge is -2.33. The number of nitrogens with one attached hydrogen (secondary N) is 4. The molecule has 3 aliphatic rings. The van der Waals surface area contributed by atoms with Gasteiger partial charge in [0.1, 0.15) is 29.7 Å². The van der Waals surface area contributed by atoms with Gasteiger partial charge in [-0.15, -0.1) is 0 Å². The molecule has 0 spiro atoms. The molecule has 2 aliphatic heterocycles. The highest BCUT2D eigenvalue weighted by Gasteiger charge is 2.49. The summed E-state index contributed by atoms with van der Waals surface area (Å²) < 4.78 is 10.8. The summed E-state index contributed by atoms with van der Waals surface area (Å²) in [6.07, 6.45) is 6.59. The highest BCUT2D eigenvalue weighted by atomic mass is 16.6. The smallest absolute Gasteiger partial charge is 0.243 e. The van der Waals surface area contributed by atoms with Crippen molar-refractivity contribution in [1.29, 1.82) is 0 Å². The van der Waals surface area contributed by atoms with Gasteiger partial charge in [0.2, 0.25) is 23.6 Å². The number of carbonyl (C=O) groups is 5. The fraction of sp³-hybridized carbons (Fsp3) is 0.581. The Morgan fingerprint density at radius 3 is 2.56 bits per heavy atom. The Labute approximate surface area is 252 Å². The summed E-state index contributed by atoms with van der Waals surface area (Å²) in [5.41, 5.74) is 0.196. The number of carbonyl (C=O) groups excluding carboxylic acids is 5. The third-order valence-corrected chi connectivity index (χ3v) is 8.09. The highest BCUT2D eigenvalue weighted by molar-refractivity contribution is 5.93. The normalized spacial score (nSPS) is 22.7. The molecule has 2 saturated heterocycles. The van der Waals surface area contributed by atoms with Gasteiger partial charge in [-0.2, -0.15) is 0 Å². The second-order valence-corrected chi connectivity index (χ2v) is 12.1. The largest absolute Gasteiger partial charge is 0.497 e. The van der Waals surface area contributed by atoms with Gasteiger partial charge in [0.05, 0.1) is 32.4 Å². The van der Waals surface area contributed by atoms with Crippen LogP contribution in [0.15, 0.2) is 35.9 Å². The minimum atomic E-state index is -1.19. The Morgan fingerprint density at radius 1 is 1.21 bits per heavy atom. The van der Waals surface area contributed by atoms with Crippen molar-refractivity contribution in [2.45, 2.75) is 75.6 Å². The number of methoxy groups -OCH3 is 1. The Kier molecular flexibility index (Phi) is 10.6. The Bertz CT molecular complexity index is 1230. The molecule has 12 heteroatoms. The molecule has 4 amide bonds. The van der Waals surface area contributed by atoms with Crippen LogP contribution in [0, 0.1) is 0 Å². The van der Waals surface area contributed by atoms with E-state index < -0.39 is 40.9 Å². The lowest BCUT2D eigenvalue weighted by Crippen LogP contribution is -2.60. The van der Waals surface area contributed by atoms with Crippen LogP contribution in [0.1, 0.15) is 51.5 Å². The topological polar surface area (TPSA) is 158 Å². The summed E-state index contributed by atoms with van der Waals surface area (Å²) >= 11 is 0. The van der Waals surface area contributed by atoms with Gasteiger partial charge in [-0.1, -0.05) is 23.8 Å². The number of aldehydes is 1. The number of nitrogens with zero attached hydrogens (tertiary/aromatic N) is 1. The maximum Gasteiger partial charge on any atom is 0.243 e. The van der Waals surface area contributed by atoms with E-state index in [1.165, 1.54) is 6.92 Å². The Balaban J connectivity index is 1.47. The lowest BCUT2D eigenvalue weighted by atomic mass is 9.83. The first-order chi connectivity index (χ1) is 20.5. The molecule has 2 heterocycles. The van der Waals surface area contributed by atoms with Gasteiger partial charge in [0.15, 0.2) is 0 Å². The minimum Gasteiger partial charge on any atom is -0.497 e. The number of hydrogen-bond acceptors (Lipinski definition) is 8. The van der Waals surface area contributed by atoms with Gasteiger partial charge >= 0.3 is 0 Å². The van der Waals surface area contributed by atoms with Crippen LogP contribution in [-0.2, 0) is 35.1 Å². The molecule has 0 bridgehead atoms. The van der Waals surface area contributed by atoms with Crippen LogP contribution in [0.25, 0.3) is 0 Å². The van der Waals surface area contributed by atoms with Gasteiger partial charge in [-0.3, -0.25) is 24.1 Å². The predicted molar refractivity (Wildman–Crippen MR) is 158 cm³/mol. The third-order valence-electron chi connectivity index (χ3n) is 8.09. The third kappa shape index (κ3) is 9.36. The van der Waals surface area contributed by atoms with Crippen LogP contribution < -0.4 is 26.0 Å². The van der Waals surface area contributed by atoms with Crippen molar-refractivity contribution in [3.63, 3.8) is 0 Å². The van der Waals surface area contributed by atoms with Crippen molar-refractivity contribution in [2.75, 3.05) is 39.9 Å². The molecular weight excluding hydrogens is 554 g/mol. The van der Waals surface area contributed by atoms with Crippen LogP contribution in [0.5, 0.6) is 5.75 Å². The molecular formula is C31H43N5O7. The van der Waals surface area contributed by atoms with E-state index in [4.69, 9.17) is 9.47 Å². The average molecular weight is 598 g/mol. The number of hydrogen-bond donors (Lipinski definition) is 4. The van der Waals surface area contributed by atoms with E-state index in [0.29, 0.717) is 38.3 Å². The molecule has 4 atom stereocenters. The van der Waals surface area contributed by atoms with Gasteiger partial charge in [-0.25, -0.2) is 0 Å². The van der Waals surface area contributed by atoms with E-state index >= 15 is 0 Å². The molecule has 2 fully saturated rings. The second-order valence-electron chi connectivity index (χ2n) is 12.1. The van der Waals surface area contributed by atoms with Crippen molar-refractivity contribution < 1.29 is 33.4 Å². The first-order valence-electron chi connectivity index (χ1n) is 14.8. The van der Waals surface area contributed by atoms with Crippen molar-refractivity contribution in [2.24, 2.45) is 0 Å². The van der Waals surface area contributed by atoms with Gasteiger partial charge in [0.25, 0.3) is 0 Å². The first kappa shape index (κ1) is 32.2. The average Bonchev–Trinajstić information content (AvgIpc) is 3.46. The molecule has 1 aromatic rings. The Morgan fingerprint density at radius 2 is 1.95 bits per heavy atom. The minimum absolute atomic E-state index is 0.0284. The van der Waals surface area contributed by atoms with E-state index in [0.717, 1.165) is 36.7 Å². The summed E-state index contributed by atoms with van der Waals surface area (Å²) in [5, 5.41) is 11.1. The molecule has 12 nitrogen and oxygen atoms in total. The number of benzene rings is 1. The van der Waals surface area contributed by atoms with Gasteiger partial charge in [0, 0.05) is 25.9 Å². The molecule has 1 aliphatic carbocycles. The zero-order valence-electron chi connectivity index (χ0n) is 25.2. The van der Waals surface area contributed by atoms with Crippen LogP contribution in [-0.4, -0.2) is 97.9 Å². The lowest BCUT2D eigenvalue weighted by molar-refractivity contribution is -0.134. The van der Waals surface area contributed by atoms with Crippen molar-refractivity contribution in [1.82, 2.24) is 26.2 Å². The fourth-order valence-corrected chi connectivity index (χ4v) is 5.68. The van der Waals surface area contributed by atoms with Crippen LogP contribution in [0.2, 0.25) is 0 Å². The molecule has 43 heavy (non-hydrogen) atoms. The number of piperazine rings is 1. The van der Waals surface area contributed by atoms with Crippen LogP contribution in [0.4, 0.5) is 0 Å². The van der Waals surface area contributed by atoms with Gasteiger partial charge < -0.3 is 35.5 Å². The number of ether oxygens (including phenoxy) is 2. The molecule has 0 radical (unpaired) electrons. The number of allylic oxidation sites excluding steroid dienone is 1. The zero-order chi connectivity index (χ0) is 31.0. The molecule has 1 aromatic carbocycles. The van der Waals surface area contributed by atoms with E-state index in [9.17, 15) is 24.0 Å². The Hall–Kier alpha value is -3.77. The zero-order valence-corrected chi connectivity index (χ0v) is 25.2. The molecule has 234 valence electrons. The van der Waals surface area contributed by atoms with E-state index in [1.807, 2.05) is 6.92 Å².